The molecule has 2 heterocycles. The highest BCUT2D eigenvalue weighted by Gasteiger charge is 2.21. The Bertz CT molecular complexity index is 1350. The van der Waals surface area contributed by atoms with Crippen molar-refractivity contribution >= 4 is 23.1 Å². The van der Waals surface area contributed by atoms with Crippen LogP contribution in [0.5, 0.6) is 11.5 Å². The van der Waals surface area contributed by atoms with Gasteiger partial charge in [0.1, 0.15) is 17.3 Å². The molecule has 0 spiro atoms. The molecule has 0 radical (unpaired) electrons. The van der Waals surface area contributed by atoms with Crippen molar-refractivity contribution in [1.82, 2.24) is 14.6 Å². The second-order valence-corrected chi connectivity index (χ2v) is 6.74. The van der Waals surface area contributed by atoms with Gasteiger partial charge in [0.15, 0.2) is 23.0 Å². The van der Waals surface area contributed by atoms with E-state index in [9.17, 15) is 15.2 Å². The lowest BCUT2D eigenvalue weighted by Gasteiger charge is -2.13. The van der Waals surface area contributed by atoms with Crippen LogP contribution in [0.2, 0.25) is 0 Å². The van der Waals surface area contributed by atoms with Gasteiger partial charge < -0.3 is 19.9 Å². The Morgan fingerprint density at radius 1 is 1.23 bits per heavy atom. The predicted molar refractivity (Wildman–Crippen MR) is 114 cm³/mol. The van der Waals surface area contributed by atoms with Crippen LogP contribution in [0.4, 0.5) is 11.5 Å². The molecule has 0 bridgehead atoms. The van der Waals surface area contributed by atoms with E-state index in [-0.39, 0.29) is 5.56 Å². The first kappa shape index (κ1) is 19.8. The number of hydrogen-bond acceptors (Lipinski definition) is 6. The number of fused-ring (bicyclic) bond motifs is 1. The van der Waals surface area contributed by atoms with Crippen LogP contribution < -0.4 is 14.8 Å². The quantitative estimate of drug-likeness (QED) is 0.433. The van der Waals surface area contributed by atoms with E-state index in [0.717, 1.165) is 5.56 Å². The number of ether oxygens (including phenoxy) is 2. The van der Waals surface area contributed by atoms with Crippen LogP contribution in [0.15, 0.2) is 42.6 Å². The molecule has 9 nitrogen and oxygen atoms in total. The minimum absolute atomic E-state index is 0.197. The van der Waals surface area contributed by atoms with Crippen molar-refractivity contribution in [2.45, 2.75) is 6.92 Å². The number of anilines is 2. The number of imidazole rings is 1. The monoisotopic (exact) mass is 417 g/mol. The predicted octanol–water partition coefficient (Wildman–Crippen LogP) is 3.97. The van der Waals surface area contributed by atoms with Crippen molar-refractivity contribution in [3.8, 4) is 28.8 Å². The minimum atomic E-state index is -1.01. The molecule has 156 valence electrons. The first-order valence-corrected chi connectivity index (χ1v) is 9.30. The molecule has 0 aliphatic rings. The van der Waals surface area contributed by atoms with Gasteiger partial charge >= 0.3 is 5.97 Å². The van der Waals surface area contributed by atoms with Crippen LogP contribution in [0, 0.1) is 18.3 Å². The number of benzene rings is 2. The molecule has 0 unspecified atom stereocenters. The Balaban J connectivity index is 1.91. The van der Waals surface area contributed by atoms with Gasteiger partial charge in [0.05, 0.1) is 19.8 Å². The van der Waals surface area contributed by atoms with E-state index in [1.54, 1.807) is 62.2 Å². The number of carboxylic acid groups (broad SMARTS) is 1. The third kappa shape index (κ3) is 3.30. The van der Waals surface area contributed by atoms with Gasteiger partial charge in [-0.25, -0.2) is 14.3 Å². The van der Waals surface area contributed by atoms with Crippen molar-refractivity contribution in [2.24, 2.45) is 0 Å². The van der Waals surface area contributed by atoms with Gasteiger partial charge in [0, 0.05) is 17.4 Å². The molecular weight excluding hydrogens is 398 g/mol. The zero-order valence-electron chi connectivity index (χ0n) is 17.1. The van der Waals surface area contributed by atoms with E-state index in [2.05, 4.69) is 21.5 Å². The fourth-order valence-electron chi connectivity index (χ4n) is 3.43. The summed E-state index contributed by atoms with van der Waals surface area (Å²) >= 11 is 0. The fraction of sp³-hybridized carbons (Fsp3) is 0.136. The van der Waals surface area contributed by atoms with E-state index >= 15 is 0 Å². The summed E-state index contributed by atoms with van der Waals surface area (Å²) in [4.78, 5) is 16.2. The summed E-state index contributed by atoms with van der Waals surface area (Å²) < 4.78 is 12.4. The Labute approximate surface area is 177 Å². The van der Waals surface area contributed by atoms with E-state index < -0.39 is 5.97 Å². The number of carboxylic acids is 1. The highest BCUT2D eigenvalue weighted by molar-refractivity contribution is 5.92. The smallest absolute Gasteiger partial charge is 0.336 e. The Kier molecular flexibility index (Phi) is 4.97. The number of aromatic nitrogens is 3. The van der Waals surface area contributed by atoms with Crippen LogP contribution in [-0.2, 0) is 0 Å². The zero-order chi connectivity index (χ0) is 22.1. The Morgan fingerprint density at radius 3 is 2.68 bits per heavy atom. The number of nitrogens with one attached hydrogen (secondary N) is 2. The molecular formula is C22H19N5O4. The summed E-state index contributed by atoms with van der Waals surface area (Å²) in [5, 5.41) is 25.2. The normalized spacial score (nSPS) is 10.6. The number of nitrogens with zero attached hydrogens (tertiary/aromatic N) is 3. The van der Waals surface area contributed by atoms with Gasteiger partial charge in [0.25, 0.3) is 0 Å². The largest absolute Gasteiger partial charge is 0.493 e. The number of aromatic carboxylic acids is 1. The molecule has 2 aromatic carbocycles. The lowest BCUT2D eigenvalue weighted by Crippen LogP contribution is -2.04. The number of nitriles is 1. The minimum Gasteiger partial charge on any atom is -0.493 e. The second-order valence-electron chi connectivity index (χ2n) is 6.74. The van der Waals surface area contributed by atoms with Crippen LogP contribution in [0.25, 0.3) is 16.9 Å². The van der Waals surface area contributed by atoms with Crippen molar-refractivity contribution in [1.29, 1.82) is 5.26 Å². The van der Waals surface area contributed by atoms with E-state index in [0.29, 0.717) is 45.5 Å². The summed E-state index contributed by atoms with van der Waals surface area (Å²) in [7, 11) is 3.11. The maximum Gasteiger partial charge on any atom is 0.336 e. The summed E-state index contributed by atoms with van der Waals surface area (Å²) in [6.45, 7) is 1.73. The second kappa shape index (κ2) is 7.76. The molecule has 31 heavy (non-hydrogen) atoms. The summed E-state index contributed by atoms with van der Waals surface area (Å²) in [6, 6.07) is 12.5. The van der Waals surface area contributed by atoms with Crippen molar-refractivity contribution in [3.05, 3.63) is 59.3 Å². The van der Waals surface area contributed by atoms with Crippen molar-refractivity contribution in [3.63, 3.8) is 0 Å². The molecule has 9 heteroatoms. The standard InChI is InChI=1S/C22H19N5O4/c1-12-15(22(28)29)5-4-6-16(12)25-21-19(26-20-14(10-23)11-24-27(20)21)13-7-8-17(30-2)18(9-13)31-3/h4-9,11,24-25H,1-3H3,(H,28,29). The summed E-state index contributed by atoms with van der Waals surface area (Å²) in [5.41, 5.74) is 3.50. The first-order valence-electron chi connectivity index (χ1n) is 9.30. The van der Waals surface area contributed by atoms with Gasteiger partial charge in [-0.15, -0.1) is 0 Å². The zero-order valence-corrected chi connectivity index (χ0v) is 17.1. The molecule has 0 aliphatic heterocycles. The SMILES string of the molecule is COc1ccc(-c2nc3c(C#N)c[nH]n3c2Nc2cccc(C(=O)O)c2C)cc1OC. The Hall–Kier alpha value is -4.45. The third-order valence-corrected chi connectivity index (χ3v) is 5.05. The molecule has 0 amide bonds. The topological polar surface area (TPSA) is 125 Å². The van der Waals surface area contributed by atoms with E-state index in [1.165, 1.54) is 0 Å². The molecule has 0 atom stereocenters. The van der Waals surface area contributed by atoms with Crippen molar-refractivity contribution in [2.75, 3.05) is 19.5 Å². The molecule has 0 fully saturated rings. The van der Waals surface area contributed by atoms with Crippen LogP contribution in [-0.4, -0.2) is 39.9 Å². The van der Waals surface area contributed by atoms with Gasteiger partial charge in [0.2, 0.25) is 0 Å². The Morgan fingerprint density at radius 2 is 2.00 bits per heavy atom. The maximum atomic E-state index is 11.5. The molecule has 0 aliphatic carbocycles. The van der Waals surface area contributed by atoms with Gasteiger partial charge in [-0.05, 0) is 42.8 Å². The number of methoxy groups -OCH3 is 2. The lowest BCUT2D eigenvalue weighted by atomic mass is 10.1. The molecule has 3 N–H and O–H groups in total. The van der Waals surface area contributed by atoms with Gasteiger partial charge in [-0.2, -0.15) is 5.26 Å². The maximum absolute atomic E-state index is 11.5. The molecule has 0 saturated heterocycles. The van der Waals surface area contributed by atoms with Crippen molar-refractivity contribution < 1.29 is 19.4 Å². The fourth-order valence-corrected chi connectivity index (χ4v) is 3.43. The van der Waals surface area contributed by atoms with Crippen LogP contribution in [0.1, 0.15) is 21.5 Å². The van der Waals surface area contributed by atoms with Gasteiger partial charge in [-0.1, -0.05) is 6.07 Å². The molecule has 4 aromatic rings. The number of rotatable bonds is 6. The van der Waals surface area contributed by atoms with E-state index in [1.807, 2.05) is 6.07 Å². The number of aromatic amines is 1. The van der Waals surface area contributed by atoms with Crippen LogP contribution in [0.3, 0.4) is 0 Å². The number of carbonyl (C=O) groups is 1. The van der Waals surface area contributed by atoms with E-state index in [4.69, 9.17) is 9.47 Å². The van der Waals surface area contributed by atoms with Gasteiger partial charge in [-0.3, -0.25) is 5.10 Å². The molecule has 2 aromatic heterocycles. The highest BCUT2D eigenvalue weighted by atomic mass is 16.5. The van der Waals surface area contributed by atoms with Crippen LogP contribution >= 0.6 is 0 Å². The lowest BCUT2D eigenvalue weighted by molar-refractivity contribution is 0.0696. The first-order chi connectivity index (χ1) is 15.0. The summed E-state index contributed by atoms with van der Waals surface area (Å²) in [6.07, 6.45) is 1.56. The summed E-state index contributed by atoms with van der Waals surface area (Å²) in [5.74, 6) is 0.654. The number of hydrogen-bond donors (Lipinski definition) is 3. The third-order valence-electron chi connectivity index (χ3n) is 5.05. The highest BCUT2D eigenvalue weighted by Crippen LogP contribution is 2.37. The average molecular weight is 417 g/mol. The average Bonchev–Trinajstić information content (AvgIpc) is 3.34. The number of H-pyrrole nitrogens is 1. The molecule has 0 saturated carbocycles. The molecule has 4 rings (SSSR count).